The van der Waals surface area contributed by atoms with E-state index in [1.807, 2.05) is 24.3 Å². The molecule has 0 saturated carbocycles. The molecule has 4 rings (SSSR count). The molecule has 0 N–H and O–H groups in total. The van der Waals surface area contributed by atoms with Gasteiger partial charge in [-0.1, -0.05) is 34.4 Å². The van der Waals surface area contributed by atoms with Crippen LogP contribution in [0.15, 0.2) is 52.7 Å². The summed E-state index contributed by atoms with van der Waals surface area (Å²) in [6, 6.07) is 12.5. The van der Waals surface area contributed by atoms with Crippen molar-refractivity contribution in [2.24, 2.45) is 16.2 Å². The number of oxime groups is 1. The van der Waals surface area contributed by atoms with Gasteiger partial charge in [0.15, 0.2) is 6.10 Å². The Balaban J connectivity index is 1.76. The van der Waals surface area contributed by atoms with E-state index in [1.54, 1.807) is 32.4 Å². The monoisotopic (exact) mass is 403 g/mol. The standard InChI is InChI=1S/C19H15Cl2N3O3/c1-24-19(25)15-17(14-12(20)4-3-5-13(14)21)23-27-18(15)16(22-24)10-6-8-11(26-2)9-7-10/h3-9,15,18H,1-2H3. The van der Waals surface area contributed by atoms with Gasteiger partial charge in [-0.15, -0.1) is 0 Å². The molecule has 138 valence electrons. The Labute approximate surface area is 166 Å². The van der Waals surface area contributed by atoms with Crippen LogP contribution >= 0.6 is 23.2 Å². The van der Waals surface area contributed by atoms with Gasteiger partial charge in [0.25, 0.3) is 5.91 Å². The van der Waals surface area contributed by atoms with Crippen LogP contribution in [0, 0.1) is 5.92 Å². The maximum atomic E-state index is 12.8. The van der Waals surface area contributed by atoms with Crippen LogP contribution in [0.1, 0.15) is 11.1 Å². The molecule has 27 heavy (non-hydrogen) atoms. The molecule has 6 nitrogen and oxygen atoms in total. The summed E-state index contributed by atoms with van der Waals surface area (Å²) >= 11 is 12.6. The molecule has 0 saturated heterocycles. The number of hydrogen-bond acceptors (Lipinski definition) is 5. The minimum Gasteiger partial charge on any atom is -0.497 e. The number of carbonyl (C=O) groups excluding carboxylic acids is 1. The summed E-state index contributed by atoms with van der Waals surface area (Å²) in [5.41, 5.74) is 2.33. The Morgan fingerprint density at radius 1 is 1.07 bits per heavy atom. The number of nitrogens with zero attached hydrogens (tertiary/aromatic N) is 3. The van der Waals surface area contributed by atoms with E-state index < -0.39 is 12.0 Å². The lowest BCUT2D eigenvalue weighted by atomic mass is 9.86. The summed E-state index contributed by atoms with van der Waals surface area (Å²) in [5.74, 6) is -0.185. The van der Waals surface area contributed by atoms with E-state index in [0.717, 1.165) is 11.3 Å². The summed E-state index contributed by atoms with van der Waals surface area (Å²) in [6.45, 7) is 0. The topological polar surface area (TPSA) is 63.5 Å². The van der Waals surface area contributed by atoms with Crippen molar-refractivity contribution in [3.8, 4) is 5.75 Å². The van der Waals surface area contributed by atoms with Gasteiger partial charge in [-0.3, -0.25) is 4.79 Å². The Bertz CT molecular complexity index is 952. The number of ether oxygens (including phenoxy) is 1. The molecule has 2 aromatic carbocycles. The van der Waals surface area contributed by atoms with Gasteiger partial charge in [0.1, 0.15) is 23.1 Å². The number of hydrogen-bond donors (Lipinski definition) is 0. The maximum absolute atomic E-state index is 12.8. The molecule has 2 aromatic rings. The van der Waals surface area contributed by atoms with Crippen LogP contribution in [0.3, 0.4) is 0 Å². The Hall–Kier alpha value is -2.57. The maximum Gasteiger partial charge on any atom is 0.256 e. The van der Waals surface area contributed by atoms with E-state index in [-0.39, 0.29) is 5.91 Å². The van der Waals surface area contributed by atoms with Crippen LogP contribution in [0.4, 0.5) is 0 Å². The van der Waals surface area contributed by atoms with Crippen molar-refractivity contribution in [1.29, 1.82) is 0 Å². The summed E-state index contributed by atoms with van der Waals surface area (Å²) < 4.78 is 5.19. The molecule has 0 aromatic heterocycles. The van der Waals surface area contributed by atoms with Crippen LogP contribution in [-0.4, -0.2) is 42.6 Å². The summed E-state index contributed by atoms with van der Waals surface area (Å²) in [6.07, 6.45) is -0.649. The van der Waals surface area contributed by atoms with Gasteiger partial charge >= 0.3 is 0 Å². The van der Waals surface area contributed by atoms with E-state index in [1.165, 1.54) is 5.01 Å². The summed E-state index contributed by atoms with van der Waals surface area (Å²) in [7, 11) is 3.20. The lowest BCUT2D eigenvalue weighted by Gasteiger charge is -2.29. The molecular formula is C19H15Cl2N3O3. The van der Waals surface area contributed by atoms with E-state index in [2.05, 4.69) is 10.3 Å². The van der Waals surface area contributed by atoms with E-state index in [0.29, 0.717) is 27.0 Å². The smallest absolute Gasteiger partial charge is 0.256 e. The number of fused-ring (bicyclic) bond motifs is 1. The van der Waals surface area contributed by atoms with Crippen molar-refractivity contribution >= 4 is 40.5 Å². The van der Waals surface area contributed by atoms with Crippen molar-refractivity contribution in [3.05, 3.63) is 63.6 Å². The Kier molecular flexibility index (Phi) is 4.53. The van der Waals surface area contributed by atoms with Crippen LogP contribution in [0.5, 0.6) is 5.75 Å². The van der Waals surface area contributed by atoms with Gasteiger partial charge in [-0.05, 0) is 36.4 Å². The van der Waals surface area contributed by atoms with Gasteiger partial charge in [0.2, 0.25) is 0 Å². The summed E-state index contributed by atoms with van der Waals surface area (Å²) in [5, 5.41) is 10.7. The Morgan fingerprint density at radius 2 is 1.74 bits per heavy atom. The van der Waals surface area contributed by atoms with Gasteiger partial charge < -0.3 is 9.57 Å². The van der Waals surface area contributed by atoms with E-state index in [9.17, 15) is 4.79 Å². The second-order valence-corrected chi connectivity index (χ2v) is 6.97. The average molecular weight is 404 g/mol. The molecule has 1 amide bonds. The SMILES string of the molecule is COc1ccc(C2=NN(C)C(=O)C3C(c4c(Cl)cccc4Cl)=NOC23)cc1. The third-order valence-corrected chi connectivity index (χ3v) is 5.21. The normalized spacial score (nSPS) is 21.3. The lowest BCUT2D eigenvalue weighted by Crippen LogP contribution is -2.48. The zero-order valence-corrected chi connectivity index (χ0v) is 16.0. The van der Waals surface area contributed by atoms with Crippen molar-refractivity contribution in [1.82, 2.24) is 5.01 Å². The first-order chi connectivity index (χ1) is 13.0. The molecular weight excluding hydrogens is 389 g/mol. The molecule has 2 aliphatic rings. The second kappa shape index (κ2) is 6.87. The Morgan fingerprint density at radius 3 is 2.37 bits per heavy atom. The number of carbonyl (C=O) groups is 1. The molecule has 2 atom stereocenters. The first kappa shape index (κ1) is 17.8. The molecule has 0 aliphatic carbocycles. The van der Waals surface area contributed by atoms with Gasteiger partial charge in [0, 0.05) is 18.2 Å². The van der Waals surface area contributed by atoms with Crippen molar-refractivity contribution in [3.63, 3.8) is 0 Å². The number of hydrazone groups is 1. The largest absolute Gasteiger partial charge is 0.497 e. The molecule has 0 fully saturated rings. The molecule has 2 aliphatic heterocycles. The molecule has 0 radical (unpaired) electrons. The predicted molar refractivity (Wildman–Crippen MR) is 104 cm³/mol. The van der Waals surface area contributed by atoms with E-state index >= 15 is 0 Å². The minimum absolute atomic E-state index is 0.232. The average Bonchev–Trinajstić information content (AvgIpc) is 3.10. The lowest BCUT2D eigenvalue weighted by molar-refractivity contribution is -0.134. The van der Waals surface area contributed by atoms with Crippen molar-refractivity contribution < 1.29 is 14.4 Å². The predicted octanol–water partition coefficient (Wildman–Crippen LogP) is 3.60. The third kappa shape index (κ3) is 2.95. The second-order valence-electron chi connectivity index (χ2n) is 6.15. The molecule has 2 heterocycles. The number of benzene rings is 2. The highest BCUT2D eigenvalue weighted by Crippen LogP contribution is 2.36. The zero-order valence-electron chi connectivity index (χ0n) is 14.5. The highest BCUT2D eigenvalue weighted by molar-refractivity contribution is 6.41. The molecule has 0 spiro atoms. The third-order valence-electron chi connectivity index (χ3n) is 4.58. The van der Waals surface area contributed by atoms with Gasteiger partial charge in [0.05, 0.1) is 17.2 Å². The van der Waals surface area contributed by atoms with E-state index in [4.69, 9.17) is 32.8 Å². The van der Waals surface area contributed by atoms with Gasteiger partial charge in [-0.2, -0.15) is 5.10 Å². The minimum atomic E-state index is -0.679. The first-order valence-corrected chi connectivity index (χ1v) is 8.95. The van der Waals surface area contributed by atoms with Crippen LogP contribution in [-0.2, 0) is 9.63 Å². The molecule has 8 heteroatoms. The highest BCUT2D eigenvalue weighted by Gasteiger charge is 2.49. The van der Waals surface area contributed by atoms with Gasteiger partial charge in [-0.25, -0.2) is 5.01 Å². The fourth-order valence-corrected chi connectivity index (χ4v) is 3.82. The fraction of sp³-hybridized carbons (Fsp3) is 0.211. The van der Waals surface area contributed by atoms with Crippen LogP contribution < -0.4 is 4.74 Å². The number of amides is 1. The summed E-state index contributed by atoms with van der Waals surface area (Å²) in [4.78, 5) is 18.5. The van der Waals surface area contributed by atoms with Crippen molar-refractivity contribution in [2.75, 3.05) is 14.2 Å². The number of halogens is 2. The van der Waals surface area contributed by atoms with Crippen LogP contribution in [0.25, 0.3) is 0 Å². The molecule has 2 unspecified atom stereocenters. The zero-order chi connectivity index (χ0) is 19.1. The number of rotatable bonds is 3. The highest BCUT2D eigenvalue weighted by atomic mass is 35.5. The van der Waals surface area contributed by atoms with Crippen LogP contribution in [0.2, 0.25) is 10.0 Å². The first-order valence-electron chi connectivity index (χ1n) is 8.20. The molecule has 0 bridgehead atoms. The van der Waals surface area contributed by atoms with Crippen molar-refractivity contribution in [2.45, 2.75) is 6.10 Å². The number of methoxy groups -OCH3 is 1. The fourth-order valence-electron chi connectivity index (χ4n) is 3.23. The quantitative estimate of drug-likeness (QED) is 0.786.